The second-order valence-corrected chi connectivity index (χ2v) is 4.56. The molecule has 1 aromatic rings. The Morgan fingerprint density at radius 3 is 2.74 bits per heavy atom. The van der Waals surface area contributed by atoms with Gasteiger partial charge in [0.05, 0.1) is 23.8 Å². The van der Waals surface area contributed by atoms with Gasteiger partial charge in [-0.25, -0.2) is 4.79 Å². The summed E-state index contributed by atoms with van der Waals surface area (Å²) in [5, 5.41) is 16.1. The number of hydrogen-bond acceptors (Lipinski definition) is 4. The van der Waals surface area contributed by atoms with Crippen LogP contribution < -0.4 is 15.4 Å². The molecule has 0 aromatic heterocycles. The number of amides is 2. The average molecular weight is 265 g/mol. The Balaban J connectivity index is 2.06. The highest BCUT2D eigenvalue weighted by molar-refractivity contribution is 5.91. The maximum Gasteiger partial charge on any atom is 0.319 e. The summed E-state index contributed by atoms with van der Waals surface area (Å²) in [6, 6.07) is 3.92. The number of benzene rings is 1. The number of carbonyl (C=O) groups excluding carboxylic acids is 1. The molecule has 0 spiro atoms. The predicted molar refractivity (Wildman–Crippen MR) is 69.4 cm³/mol. The van der Waals surface area contributed by atoms with E-state index < -0.39 is 4.92 Å². The number of nitrogens with zero attached hydrogens (tertiary/aromatic N) is 1. The molecule has 0 aliphatic heterocycles. The first kappa shape index (κ1) is 13.1. The molecule has 2 N–H and O–H groups in total. The van der Waals surface area contributed by atoms with Crippen molar-refractivity contribution in [2.24, 2.45) is 5.92 Å². The normalized spacial score (nSPS) is 20.5. The Kier molecular flexibility index (Phi) is 3.55. The highest BCUT2D eigenvalue weighted by atomic mass is 16.6. The van der Waals surface area contributed by atoms with Crippen LogP contribution in [0.3, 0.4) is 0 Å². The van der Waals surface area contributed by atoms with Gasteiger partial charge < -0.3 is 15.4 Å². The third-order valence-corrected chi connectivity index (χ3v) is 3.07. The minimum absolute atomic E-state index is 0.0846. The fourth-order valence-electron chi connectivity index (χ4n) is 1.75. The quantitative estimate of drug-likeness (QED) is 0.644. The molecule has 19 heavy (non-hydrogen) atoms. The molecule has 0 saturated heterocycles. The molecular weight excluding hydrogens is 250 g/mol. The first-order valence-corrected chi connectivity index (χ1v) is 5.91. The van der Waals surface area contributed by atoms with E-state index in [1.165, 1.54) is 25.3 Å². The van der Waals surface area contributed by atoms with Crippen LogP contribution in [0.4, 0.5) is 16.2 Å². The molecule has 2 atom stereocenters. The van der Waals surface area contributed by atoms with E-state index in [9.17, 15) is 14.9 Å². The maximum absolute atomic E-state index is 11.7. The average Bonchev–Trinajstić information content (AvgIpc) is 3.04. The number of carbonyl (C=O) groups is 1. The Morgan fingerprint density at radius 2 is 2.21 bits per heavy atom. The number of hydrogen-bond donors (Lipinski definition) is 2. The number of anilines is 1. The minimum atomic E-state index is -0.516. The van der Waals surface area contributed by atoms with Crippen molar-refractivity contribution in [3.05, 3.63) is 28.3 Å². The Bertz CT molecular complexity index is 518. The number of nitrogens with one attached hydrogen (secondary N) is 2. The zero-order valence-electron chi connectivity index (χ0n) is 10.7. The van der Waals surface area contributed by atoms with Gasteiger partial charge in [0, 0.05) is 12.1 Å². The summed E-state index contributed by atoms with van der Waals surface area (Å²) < 4.78 is 5.03. The van der Waals surface area contributed by atoms with Crippen molar-refractivity contribution < 1.29 is 14.5 Å². The zero-order chi connectivity index (χ0) is 14.0. The topological polar surface area (TPSA) is 93.5 Å². The lowest BCUT2D eigenvalue weighted by atomic mass is 10.2. The van der Waals surface area contributed by atoms with E-state index in [1.807, 2.05) is 0 Å². The molecule has 2 amide bonds. The van der Waals surface area contributed by atoms with Gasteiger partial charge in [0.1, 0.15) is 5.75 Å². The van der Waals surface area contributed by atoms with E-state index >= 15 is 0 Å². The lowest BCUT2D eigenvalue weighted by Crippen LogP contribution is -2.31. The van der Waals surface area contributed by atoms with Crippen molar-refractivity contribution in [1.29, 1.82) is 0 Å². The summed E-state index contributed by atoms with van der Waals surface area (Å²) >= 11 is 0. The van der Waals surface area contributed by atoms with Gasteiger partial charge in [0.2, 0.25) is 0 Å². The van der Waals surface area contributed by atoms with E-state index in [0.717, 1.165) is 6.42 Å². The minimum Gasteiger partial charge on any atom is -0.494 e. The summed E-state index contributed by atoms with van der Waals surface area (Å²) in [6.45, 7) is 2.05. The largest absolute Gasteiger partial charge is 0.494 e. The maximum atomic E-state index is 11.7. The van der Waals surface area contributed by atoms with Gasteiger partial charge in [-0.2, -0.15) is 0 Å². The smallest absolute Gasteiger partial charge is 0.319 e. The van der Waals surface area contributed by atoms with Crippen molar-refractivity contribution in [1.82, 2.24) is 5.32 Å². The fourth-order valence-corrected chi connectivity index (χ4v) is 1.75. The molecule has 1 aromatic carbocycles. The number of ether oxygens (including phenoxy) is 1. The van der Waals surface area contributed by atoms with Crippen LogP contribution in [0.15, 0.2) is 18.2 Å². The molecule has 102 valence electrons. The Hall–Kier alpha value is -2.31. The monoisotopic (exact) mass is 265 g/mol. The number of non-ortho nitro benzene ring substituents is 1. The summed E-state index contributed by atoms with van der Waals surface area (Å²) in [5.74, 6) is 0.762. The first-order chi connectivity index (χ1) is 9.01. The second-order valence-electron chi connectivity index (χ2n) is 4.56. The molecule has 0 unspecified atom stereocenters. The first-order valence-electron chi connectivity index (χ1n) is 5.91. The van der Waals surface area contributed by atoms with Crippen LogP contribution in [-0.2, 0) is 0 Å². The van der Waals surface area contributed by atoms with Gasteiger partial charge in [-0.15, -0.1) is 0 Å². The van der Waals surface area contributed by atoms with Crippen LogP contribution in [0.5, 0.6) is 5.75 Å². The van der Waals surface area contributed by atoms with Gasteiger partial charge in [0.15, 0.2) is 0 Å². The summed E-state index contributed by atoms with van der Waals surface area (Å²) in [7, 11) is 1.39. The number of rotatable bonds is 4. The number of nitro groups is 1. The van der Waals surface area contributed by atoms with Gasteiger partial charge in [-0.05, 0) is 18.4 Å². The van der Waals surface area contributed by atoms with E-state index in [1.54, 1.807) is 0 Å². The molecule has 2 rings (SSSR count). The van der Waals surface area contributed by atoms with Crippen molar-refractivity contribution in [2.45, 2.75) is 19.4 Å². The molecule has 0 radical (unpaired) electrons. The van der Waals surface area contributed by atoms with E-state index in [2.05, 4.69) is 17.6 Å². The van der Waals surface area contributed by atoms with E-state index in [0.29, 0.717) is 11.6 Å². The van der Waals surface area contributed by atoms with Gasteiger partial charge in [-0.1, -0.05) is 6.92 Å². The highest BCUT2D eigenvalue weighted by Crippen LogP contribution is 2.31. The summed E-state index contributed by atoms with van der Waals surface area (Å²) in [6.07, 6.45) is 0.977. The molecule has 1 fully saturated rings. The van der Waals surface area contributed by atoms with Crippen LogP contribution in [0.1, 0.15) is 13.3 Å². The molecule has 1 saturated carbocycles. The second kappa shape index (κ2) is 5.13. The zero-order valence-corrected chi connectivity index (χ0v) is 10.7. The van der Waals surface area contributed by atoms with Crippen LogP contribution >= 0.6 is 0 Å². The van der Waals surface area contributed by atoms with Crippen LogP contribution in [0.2, 0.25) is 0 Å². The van der Waals surface area contributed by atoms with E-state index in [4.69, 9.17) is 4.74 Å². The van der Waals surface area contributed by atoms with Crippen LogP contribution in [0, 0.1) is 16.0 Å². The Labute approximate surface area is 110 Å². The molecular formula is C12H15N3O4. The summed E-state index contributed by atoms with van der Waals surface area (Å²) in [4.78, 5) is 21.8. The molecule has 7 heteroatoms. The SMILES string of the molecule is COc1cc([N+](=O)[O-])ccc1NC(=O)N[C@@H]1C[C@@H]1C. The standard InChI is InChI=1S/C12H15N3O4/c1-7-5-10(7)14-12(16)13-9-4-3-8(15(17)18)6-11(9)19-2/h3-4,6-7,10H,5H2,1-2H3,(H2,13,14,16)/t7-,10+/m0/s1. The fraction of sp³-hybridized carbons (Fsp3) is 0.417. The van der Waals surface area contributed by atoms with Crippen molar-refractivity contribution in [2.75, 3.05) is 12.4 Å². The lowest BCUT2D eigenvalue weighted by molar-refractivity contribution is -0.384. The summed E-state index contributed by atoms with van der Waals surface area (Å²) in [5.41, 5.74) is 0.317. The molecule has 0 bridgehead atoms. The molecule has 0 heterocycles. The number of urea groups is 1. The third kappa shape index (κ3) is 3.12. The molecule has 1 aliphatic carbocycles. The van der Waals surface area contributed by atoms with E-state index in [-0.39, 0.29) is 23.5 Å². The predicted octanol–water partition coefficient (Wildman–Crippen LogP) is 2.13. The van der Waals surface area contributed by atoms with Crippen LogP contribution in [0.25, 0.3) is 0 Å². The van der Waals surface area contributed by atoms with Crippen LogP contribution in [-0.4, -0.2) is 24.1 Å². The highest BCUT2D eigenvalue weighted by Gasteiger charge is 2.33. The molecule has 7 nitrogen and oxygen atoms in total. The number of nitro benzene ring substituents is 1. The lowest BCUT2D eigenvalue weighted by Gasteiger charge is -2.10. The van der Waals surface area contributed by atoms with Crippen molar-refractivity contribution in [3.8, 4) is 5.75 Å². The van der Waals surface area contributed by atoms with Gasteiger partial charge in [0.25, 0.3) is 5.69 Å². The van der Waals surface area contributed by atoms with Gasteiger partial charge >= 0.3 is 6.03 Å². The number of methoxy groups -OCH3 is 1. The van der Waals surface area contributed by atoms with Gasteiger partial charge in [-0.3, -0.25) is 10.1 Å². The third-order valence-electron chi connectivity index (χ3n) is 3.07. The van der Waals surface area contributed by atoms with Crippen molar-refractivity contribution in [3.63, 3.8) is 0 Å². The van der Waals surface area contributed by atoms with Crippen molar-refractivity contribution >= 4 is 17.4 Å². The Morgan fingerprint density at radius 1 is 1.53 bits per heavy atom. The molecule has 1 aliphatic rings.